The number of aldehydes is 1. The zero-order valence-corrected chi connectivity index (χ0v) is 9.05. The Labute approximate surface area is 88.1 Å². The molecule has 0 aliphatic rings. The Morgan fingerprint density at radius 1 is 1.33 bits per heavy atom. The molecule has 0 amide bonds. The van der Waals surface area contributed by atoms with E-state index in [0.717, 1.165) is 34.2 Å². The largest absolute Gasteiger partial charge is 0.496 e. The van der Waals surface area contributed by atoms with Crippen LogP contribution in [0, 0.1) is 13.8 Å². The van der Waals surface area contributed by atoms with Gasteiger partial charge < -0.3 is 9.72 Å². The summed E-state index contributed by atoms with van der Waals surface area (Å²) in [6, 6.07) is 3.86. The normalized spacial score (nSPS) is 10.6. The SMILES string of the molecule is COc1ccc(C)c2[nH]c(C)c(C=O)c12. The van der Waals surface area contributed by atoms with Crippen LogP contribution in [0.3, 0.4) is 0 Å². The average molecular weight is 203 g/mol. The lowest BCUT2D eigenvalue weighted by Gasteiger charge is -2.03. The van der Waals surface area contributed by atoms with Crippen molar-refractivity contribution in [1.82, 2.24) is 4.98 Å². The maximum Gasteiger partial charge on any atom is 0.152 e. The van der Waals surface area contributed by atoms with Crippen LogP contribution in [0.1, 0.15) is 21.6 Å². The highest BCUT2D eigenvalue weighted by Gasteiger charge is 2.13. The number of carbonyl (C=O) groups excluding carboxylic acids is 1. The fourth-order valence-electron chi connectivity index (χ4n) is 1.88. The zero-order valence-electron chi connectivity index (χ0n) is 9.05. The van der Waals surface area contributed by atoms with E-state index in [2.05, 4.69) is 4.98 Å². The molecule has 0 unspecified atom stereocenters. The molecule has 1 heterocycles. The maximum atomic E-state index is 11.0. The lowest BCUT2D eigenvalue weighted by molar-refractivity contribution is 0.112. The van der Waals surface area contributed by atoms with Gasteiger partial charge in [-0.25, -0.2) is 0 Å². The Kier molecular flexibility index (Phi) is 2.23. The fourth-order valence-corrected chi connectivity index (χ4v) is 1.88. The summed E-state index contributed by atoms with van der Waals surface area (Å²) in [6.07, 6.45) is 0.871. The Morgan fingerprint density at radius 2 is 2.07 bits per heavy atom. The van der Waals surface area contributed by atoms with Crippen LogP contribution in [0.4, 0.5) is 0 Å². The number of hydrogen-bond acceptors (Lipinski definition) is 2. The number of aryl methyl sites for hydroxylation is 2. The van der Waals surface area contributed by atoms with Gasteiger partial charge in [0.2, 0.25) is 0 Å². The molecule has 1 N–H and O–H groups in total. The summed E-state index contributed by atoms with van der Waals surface area (Å²) in [5, 5.41) is 0.880. The number of benzene rings is 1. The first-order valence-corrected chi connectivity index (χ1v) is 4.80. The third-order valence-corrected chi connectivity index (χ3v) is 2.70. The molecule has 78 valence electrons. The van der Waals surface area contributed by atoms with Gasteiger partial charge in [-0.2, -0.15) is 0 Å². The zero-order chi connectivity index (χ0) is 11.0. The molecule has 0 bridgehead atoms. The first-order chi connectivity index (χ1) is 7.19. The molecule has 15 heavy (non-hydrogen) atoms. The van der Waals surface area contributed by atoms with Crippen molar-refractivity contribution in [3.8, 4) is 5.75 Å². The molecule has 2 aromatic rings. The van der Waals surface area contributed by atoms with Gasteiger partial charge in [0.25, 0.3) is 0 Å². The molecular formula is C12H13NO2. The first kappa shape index (κ1) is 9.77. The minimum absolute atomic E-state index is 0.686. The highest BCUT2D eigenvalue weighted by atomic mass is 16.5. The van der Waals surface area contributed by atoms with Crippen molar-refractivity contribution >= 4 is 17.2 Å². The van der Waals surface area contributed by atoms with Crippen molar-refractivity contribution in [3.63, 3.8) is 0 Å². The fraction of sp³-hybridized carbons (Fsp3) is 0.250. The number of rotatable bonds is 2. The number of nitrogens with one attached hydrogen (secondary N) is 1. The van der Waals surface area contributed by atoms with Crippen LogP contribution in [0.5, 0.6) is 5.75 Å². The van der Waals surface area contributed by atoms with Gasteiger partial charge in [-0.1, -0.05) is 6.07 Å². The molecule has 0 spiro atoms. The summed E-state index contributed by atoms with van der Waals surface area (Å²) in [7, 11) is 1.61. The maximum absolute atomic E-state index is 11.0. The smallest absolute Gasteiger partial charge is 0.152 e. The van der Waals surface area contributed by atoms with Gasteiger partial charge in [0.15, 0.2) is 6.29 Å². The van der Waals surface area contributed by atoms with E-state index in [0.29, 0.717) is 5.56 Å². The second-order valence-electron chi connectivity index (χ2n) is 3.62. The average Bonchev–Trinajstić information content (AvgIpc) is 2.56. The number of H-pyrrole nitrogens is 1. The molecule has 2 rings (SSSR count). The van der Waals surface area contributed by atoms with Crippen LogP contribution in [0.25, 0.3) is 10.9 Å². The number of aromatic amines is 1. The number of methoxy groups -OCH3 is 1. The van der Waals surface area contributed by atoms with E-state index >= 15 is 0 Å². The molecule has 0 saturated carbocycles. The molecule has 0 aliphatic carbocycles. The van der Waals surface area contributed by atoms with E-state index < -0.39 is 0 Å². The van der Waals surface area contributed by atoms with E-state index in [-0.39, 0.29) is 0 Å². The predicted octanol–water partition coefficient (Wildman–Crippen LogP) is 2.61. The Hall–Kier alpha value is -1.77. The molecule has 0 aliphatic heterocycles. The summed E-state index contributed by atoms with van der Waals surface area (Å²) in [4.78, 5) is 14.2. The van der Waals surface area contributed by atoms with Gasteiger partial charge in [0.05, 0.1) is 18.0 Å². The number of hydrogen-bond donors (Lipinski definition) is 1. The van der Waals surface area contributed by atoms with Gasteiger partial charge >= 0.3 is 0 Å². The van der Waals surface area contributed by atoms with Gasteiger partial charge in [-0.05, 0) is 25.5 Å². The third kappa shape index (κ3) is 1.31. The number of ether oxygens (including phenoxy) is 1. The molecule has 3 nitrogen and oxygen atoms in total. The van der Waals surface area contributed by atoms with Crippen LogP contribution in [0.2, 0.25) is 0 Å². The second-order valence-corrected chi connectivity index (χ2v) is 3.62. The van der Waals surface area contributed by atoms with Crippen LogP contribution >= 0.6 is 0 Å². The minimum atomic E-state index is 0.686. The van der Waals surface area contributed by atoms with Crippen molar-refractivity contribution in [1.29, 1.82) is 0 Å². The van der Waals surface area contributed by atoms with Crippen LogP contribution in [-0.2, 0) is 0 Å². The van der Waals surface area contributed by atoms with Crippen molar-refractivity contribution in [2.45, 2.75) is 13.8 Å². The number of carbonyl (C=O) groups is 1. The number of aromatic nitrogens is 1. The van der Waals surface area contributed by atoms with Gasteiger partial charge in [0.1, 0.15) is 5.75 Å². The summed E-state index contributed by atoms with van der Waals surface area (Å²) < 4.78 is 5.26. The van der Waals surface area contributed by atoms with E-state index in [4.69, 9.17) is 4.74 Å². The van der Waals surface area contributed by atoms with Gasteiger partial charge in [-0.3, -0.25) is 4.79 Å². The summed E-state index contributed by atoms with van der Waals surface area (Å²) in [6.45, 7) is 3.90. The molecule has 0 fully saturated rings. The molecule has 1 aromatic heterocycles. The molecule has 3 heteroatoms. The van der Waals surface area contributed by atoms with Crippen molar-refractivity contribution in [2.75, 3.05) is 7.11 Å². The topological polar surface area (TPSA) is 42.1 Å². The Bertz CT molecular complexity index is 526. The Balaban J connectivity index is 2.94. The van der Waals surface area contributed by atoms with Crippen LogP contribution in [-0.4, -0.2) is 18.4 Å². The van der Waals surface area contributed by atoms with E-state index in [1.807, 2.05) is 26.0 Å². The molecule has 0 atom stereocenters. The molecule has 1 aromatic carbocycles. The monoisotopic (exact) mass is 203 g/mol. The van der Waals surface area contributed by atoms with E-state index in [9.17, 15) is 4.79 Å². The first-order valence-electron chi connectivity index (χ1n) is 4.80. The van der Waals surface area contributed by atoms with E-state index in [1.54, 1.807) is 7.11 Å². The van der Waals surface area contributed by atoms with E-state index in [1.165, 1.54) is 0 Å². The lowest BCUT2D eigenvalue weighted by atomic mass is 10.1. The standard InChI is InChI=1S/C12H13NO2/c1-7-4-5-10(15-3)11-9(6-14)8(2)13-12(7)11/h4-6,13H,1-3H3. The quantitative estimate of drug-likeness (QED) is 0.762. The van der Waals surface area contributed by atoms with Crippen LogP contribution < -0.4 is 4.74 Å². The Morgan fingerprint density at radius 3 is 2.67 bits per heavy atom. The molecule has 0 radical (unpaired) electrons. The molecular weight excluding hydrogens is 190 g/mol. The third-order valence-electron chi connectivity index (χ3n) is 2.70. The van der Waals surface area contributed by atoms with Crippen molar-refractivity contribution < 1.29 is 9.53 Å². The summed E-state index contributed by atoms with van der Waals surface area (Å²) >= 11 is 0. The second kappa shape index (κ2) is 3.42. The highest BCUT2D eigenvalue weighted by molar-refractivity contribution is 6.03. The van der Waals surface area contributed by atoms with Gasteiger partial charge in [-0.15, -0.1) is 0 Å². The van der Waals surface area contributed by atoms with Crippen LogP contribution in [0.15, 0.2) is 12.1 Å². The predicted molar refractivity (Wildman–Crippen MR) is 59.7 cm³/mol. The van der Waals surface area contributed by atoms with Gasteiger partial charge in [0, 0.05) is 11.3 Å². The molecule has 0 saturated heterocycles. The highest BCUT2D eigenvalue weighted by Crippen LogP contribution is 2.31. The number of fused-ring (bicyclic) bond motifs is 1. The lowest BCUT2D eigenvalue weighted by Crippen LogP contribution is -1.87. The summed E-state index contributed by atoms with van der Waals surface area (Å²) in [5.74, 6) is 0.738. The van der Waals surface area contributed by atoms with Crippen molar-refractivity contribution in [2.24, 2.45) is 0 Å². The minimum Gasteiger partial charge on any atom is -0.496 e. The summed E-state index contributed by atoms with van der Waals surface area (Å²) in [5.41, 5.74) is 3.66. The van der Waals surface area contributed by atoms with Crippen molar-refractivity contribution in [3.05, 3.63) is 29.0 Å².